The third-order valence-corrected chi connectivity index (χ3v) is 6.16. The van der Waals surface area contributed by atoms with Crippen LogP contribution in [0.5, 0.6) is 0 Å². The minimum atomic E-state index is -3.83. The molecular weight excluding hydrogens is 335 g/mol. The number of hydrogen-bond acceptors (Lipinski definition) is 4. The zero-order chi connectivity index (χ0) is 15.6. The zero-order valence-electron chi connectivity index (χ0n) is 11.4. The van der Waals surface area contributed by atoms with Gasteiger partial charge in [-0.15, -0.1) is 11.3 Å². The number of rotatable bonds is 5. The van der Waals surface area contributed by atoms with Gasteiger partial charge in [0.05, 0.1) is 10.7 Å². The molecule has 0 spiro atoms. The number of halogens is 2. The van der Waals surface area contributed by atoms with Crippen molar-refractivity contribution >= 4 is 38.6 Å². The summed E-state index contributed by atoms with van der Waals surface area (Å²) in [6, 6.07) is 5.74. The highest BCUT2D eigenvalue weighted by Gasteiger charge is 2.20. The molecule has 0 aliphatic rings. The quantitative estimate of drug-likeness (QED) is 0.871. The maximum Gasteiger partial charge on any atom is 0.271 e. The fourth-order valence-corrected chi connectivity index (χ4v) is 4.57. The molecule has 1 aromatic heterocycles. The average molecular weight is 349 g/mol. The summed E-state index contributed by atoms with van der Waals surface area (Å²) in [5, 5.41) is 2.84. The van der Waals surface area contributed by atoms with E-state index in [0.29, 0.717) is 6.54 Å². The van der Waals surface area contributed by atoms with Crippen molar-refractivity contribution in [2.75, 3.05) is 11.8 Å². The molecule has 2 aromatic rings. The molecular formula is C13H14ClFN2O2S2. The van der Waals surface area contributed by atoms with E-state index in [1.807, 2.05) is 6.92 Å². The maximum absolute atomic E-state index is 13.8. The Kier molecular flexibility index (Phi) is 4.88. The molecule has 0 aliphatic carbocycles. The average Bonchev–Trinajstić information content (AvgIpc) is 2.78. The van der Waals surface area contributed by atoms with Crippen molar-refractivity contribution in [3.05, 3.63) is 45.5 Å². The van der Waals surface area contributed by atoms with E-state index in [9.17, 15) is 12.8 Å². The van der Waals surface area contributed by atoms with E-state index < -0.39 is 15.8 Å². The van der Waals surface area contributed by atoms with Gasteiger partial charge in [-0.05, 0) is 37.7 Å². The van der Waals surface area contributed by atoms with E-state index in [0.717, 1.165) is 21.8 Å². The van der Waals surface area contributed by atoms with Crippen LogP contribution in [0.4, 0.5) is 10.1 Å². The van der Waals surface area contributed by atoms with Gasteiger partial charge in [0, 0.05) is 11.4 Å². The number of nitrogens with one attached hydrogen (secondary N) is 2. The van der Waals surface area contributed by atoms with Crippen molar-refractivity contribution < 1.29 is 12.8 Å². The summed E-state index contributed by atoms with van der Waals surface area (Å²) in [6.07, 6.45) is 0. The van der Waals surface area contributed by atoms with Crippen molar-refractivity contribution in [2.45, 2.75) is 17.7 Å². The Morgan fingerprint density at radius 3 is 2.76 bits per heavy atom. The van der Waals surface area contributed by atoms with Crippen LogP contribution in [0.3, 0.4) is 0 Å². The third-order valence-electron chi connectivity index (χ3n) is 2.80. The van der Waals surface area contributed by atoms with Gasteiger partial charge < -0.3 is 5.32 Å². The maximum atomic E-state index is 13.8. The van der Waals surface area contributed by atoms with Crippen molar-refractivity contribution in [2.24, 2.45) is 0 Å². The Bertz CT molecular complexity index is 760. The second-order valence-corrected chi connectivity index (χ2v) is 7.86. The largest absolute Gasteiger partial charge is 0.315 e. The lowest BCUT2D eigenvalue weighted by atomic mass is 10.3. The van der Waals surface area contributed by atoms with Gasteiger partial charge in [-0.1, -0.05) is 17.7 Å². The molecule has 0 aliphatic heterocycles. The van der Waals surface area contributed by atoms with Crippen molar-refractivity contribution in [3.8, 4) is 0 Å². The normalized spacial score (nSPS) is 11.6. The van der Waals surface area contributed by atoms with Crippen LogP contribution in [-0.4, -0.2) is 15.5 Å². The van der Waals surface area contributed by atoms with E-state index in [1.54, 1.807) is 13.1 Å². The lowest BCUT2D eigenvalue weighted by molar-refractivity contribution is 0.600. The predicted molar refractivity (Wildman–Crippen MR) is 84.0 cm³/mol. The minimum absolute atomic E-state index is 0.131. The topological polar surface area (TPSA) is 58.2 Å². The number of thiophene rings is 1. The molecule has 21 heavy (non-hydrogen) atoms. The second kappa shape index (κ2) is 6.31. The summed E-state index contributed by atoms with van der Waals surface area (Å²) < 4.78 is 40.8. The van der Waals surface area contributed by atoms with Crippen LogP contribution in [0.25, 0.3) is 0 Å². The van der Waals surface area contributed by atoms with E-state index in [4.69, 9.17) is 11.6 Å². The van der Waals surface area contributed by atoms with Crippen molar-refractivity contribution in [3.63, 3.8) is 0 Å². The fourth-order valence-electron chi connectivity index (χ4n) is 1.73. The molecule has 0 radical (unpaired) electrons. The summed E-state index contributed by atoms with van der Waals surface area (Å²) in [5.41, 5.74) is 0.713. The Morgan fingerprint density at radius 2 is 2.10 bits per heavy atom. The second-order valence-electron chi connectivity index (χ2n) is 4.41. The fraction of sp³-hybridized carbons (Fsp3) is 0.231. The Hall–Kier alpha value is -1.15. The first-order valence-corrected chi connectivity index (χ1v) is 8.73. The molecule has 0 amide bonds. The van der Waals surface area contributed by atoms with Crippen molar-refractivity contribution in [1.82, 2.24) is 5.32 Å². The van der Waals surface area contributed by atoms with Crippen LogP contribution in [-0.2, 0) is 16.6 Å². The highest BCUT2D eigenvalue weighted by molar-refractivity contribution is 7.94. The summed E-state index contributed by atoms with van der Waals surface area (Å²) in [5.74, 6) is -0.786. The lowest BCUT2D eigenvalue weighted by Crippen LogP contribution is -2.12. The molecule has 1 heterocycles. The SMILES string of the molecule is CNCc1sc(S(=O)(=O)Nc2cccc(Cl)c2F)cc1C. The molecule has 2 N–H and O–H groups in total. The lowest BCUT2D eigenvalue weighted by Gasteiger charge is -2.07. The van der Waals surface area contributed by atoms with Crippen LogP contribution < -0.4 is 10.0 Å². The Balaban J connectivity index is 2.34. The summed E-state index contributed by atoms with van der Waals surface area (Å²) in [7, 11) is -2.05. The minimum Gasteiger partial charge on any atom is -0.315 e. The first-order valence-electron chi connectivity index (χ1n) is 6.06. The Labute approximate surface area is 132 Å². The molecule has 4 nitrogen and oxygen atoms in total. The molecule has 0 saturated heterocycles. The molecule has 0 fully saturated rings. The molecule has 2 rings (SSSR count). The van der Waals surface area contributed by atoms with Crippen LogP contribution >= 0.6 is 22.9 Å². The van der Waals surface area contributed by atoms with Crippen LogP contribution in [0.2, 0.25) is 5.02 Å². The molecule has 0 saturated carbocycles. The van der Waals surface area contributed by atoms with E-state index in [-0.39, 0.29) is 14.9 Å². The number of aryl methyl sites for hydroxylation is 1. The predicted octanol–water partition coefficient (Wildman–Crippen LogP) is 3.37. The summed E-state index contributed by atoms with van der Waals surface area (Å²) in [6.45, 7) is 2.42. The standard InChI is InChI=1S/C13H14ClFN2O2S2/c1-8-6-12(20-11(8)7-16-2)21(18,19)17-10-5-3-4-9(14)13(10)15/h3-6,16-17H,7H2,1-2H3. The highest BCUT2D eigenvalue weighted by atomic mass is 35.5. The van der Waals surface area contributed by atoms with E-state index in [2.05, 4.69) is 10.0 Å². The van der Waals surface area contributed by atoms with Gasteiger partial charge in [0.25, 0.3) is 10.0 Å². The van der Waals surface area contributed by atoms with Gasteiger partial charge in [-0.2, -0.15) is 0 Å². The number of benzene rings is 1. The zero-order valence-corrected chi connectivity index (χ0v) is 13.8. The summed E-state index contributed by atoms with van der Waals surface area (Å²) >= 11 is 6.80. The Morgan fingerprint density at radius 1 is 1.38 bits per heavy atom. The first kappa shape index (κ1) is 16.2. The van der Waals surface area contributed by atoms with Crippen molar-refractivity contribution in [1.29, 1.82) is 0 Å². The molecule has 8 heteroatoms. The van der Waals surface area contributed by atoms with Crippen LogP contribution in [0.15, 0.2) is 28.5 Å². The monoisotopic (exact) mass is 348 g/mol. The van der Waals surface area contributed by atoms with Gasteiger partial charge in [-0.25, -0.2) is 12.8 Å². The van der Waals surface area contributed by atoms with Gasteiger partial charge in [0.15, 0.2) is 5.82 Å². The number of hydrogen-bond donors (Lipinski definition) is 2. The first-order chi connectivity index (χ1) is 9.85. The van der Waals surface area contributed by atoms with E-state index in [1.165, 1.54) is 18.2 Å². The van der Waals surface area contributed by atoms with Gasteiger partial charge >= 0.3 is 0 Å². The number of sulfonamides is 1. The van der Waals surface area contributed by atoms with Gasteiger partial charge in [0.2, 0.25) is 0 Å². The molecule has 0 bridgehead atoms. The smallest absolute Gasteiger partial charge is 0.271 e. The van der Waals surface area contributed by atoms with Crippen LogP contribution in [0, 0.1) is 12.7 Å². The molecule has 0 atom stereocenters. The van der Waals surface area contributed by atoms with Gasteiger partial charge in [0.1, 0.15) is 4.21 Å². The van der Waals surface area contributed by atoms with E-state index >= 15 is 0 Å². The van der Waals surface area contributed by atoms with Gasteiger partial charge in [-0.3, -0.25) is 4.72 Å². The van der Waals surface area contributed by atoms with Crippen LogP contribution in [0.1, 0.15) is 10.4 Å². The molecule has 114 valence electrons. The molecule has 1 aromatic carbocycles. The third kappa shape index (κ3) is 3.55. The summed E-state index contributed by atoms with van der Waals surface area (Å²) in [4.78, 5) is 0.921. The molecule has 0 unspecified atom stereocenters. The highest BCUT2D eigenvalue weighted by Crippen LogP contribution is 2.29. The number of anilines is 1.